The lowest BCUT2D eigenvalue weighted by Crippen LogP contribution is -2.32. The van der Waals surface area contributed by atoms with Crippen molar-refractivity contribution in [3.05, 3.63) is 29.8 Å². The molecule has 0 atom stereocenters. The first-order valence-corrected chi connectivity index (χ1v) is 6.17. The summed E-state index contributed by atoms with van der Waals surface area (Å²) in [5.41, 5.74) is 0.114. The van der Waals surface area contributed by atoms with E-state index in [0.717, 1.165) is 0 Å². The number of carboxylic acids is 1. The summed E-state index contributed by atoms with van der Waals surface area (Å²) in [7, 11) is 0. The van der Waals surface area contributed by atoms with Crippen molar-refractivity contribution in [1.29, 1.82) is 0 Å². The van der Waals surface area contributed by atoms with Crippen LogP contribution in [0.3, 0.4) is 0 Å². The summed E-state index contributed by atoms with van der Waals surface area (Å²) in [6.07, 6.45) is -0.537. The number of carbonyl (C=O) groups excluding carboxylic acids is 1. The second-order valence-electron chi connectivity index (χ2n) is 5.15. The molecule has 0 heterocycles. The molecule has 0 unspecified atom stereocenters. The van der Waals surface area contributed by atoms with E-state index in [1.54, 1.807) is 45.0 Å². The Balaban J connectivity index is 2.59. The van der Waals surface area contributed by atoms with Gasteiger partial charge in [-0.2, -0.15) is 0 Å². The minimum atomic E-state index is -1.06. The Hall–Kier alpha value is -2.24. The highest BCUT2D eigenvalue weighted by atomic mass is 16.6. The maximum absolute atomic E-state index is 11.5. The number of benzene rings is 1. The third-order valence-electron chi connectivity index (χ3n) is 2.15. The quantitative estimate of drug-likeness (QED) is 0.864. The Morgan fingerprint density at radius 3 is 2.50 bits per heavy atom. The fourth-order valence-corrected chi connectivity index (χ4v) is 1.41. The van der Waals surface area contributed by atoms with E-state index >= 15 is 0 Å². The van der Waals surface area contributed by atoms with Crippen molar-refractivity contribution < 1.29 is 24.2 Å². The van der Waals surface area contributed by atoms with E-state index in [2.05, 4.69) is 5.32 Å². The lowest BCUT2D eigenvalue weighted by Gasteiger charge is -2.20. The van der Waals surface area contributed by atoms with Crippen LogP contribution in [0.25, 0.3) is 0 Å². The third kappa shape index (κ3) is 6.08. The van der Waals surface area contributed by atoms with Gasteiger partial charge in [-0.15, -0.1) is 0 Å². The van der Waals surface area contributed by atoms with E-state index in [0.29, 0.717) is 11.3 Å². The van der Waals surface area contributed by atoms with Crippen LogP contribution in [0.2, 0.25) is 0 Å². The normalized spacial score (nSPS) is 10.8. The van der Waals surface area contributed by atoms with Crippen LogP contribution >= 0.6 is 0 Å². The molecule has 0 aromatic heterocycles. The third-order valence-corrected chi connectivity index (χ3v) is 2.15. The number of ether oxygens (including phenoxy) is 2. The number of aliphatic carboxylic acids is 1. The largest absolute Gasteiger partial charge is 0.482 e. The highest BCUT2D eigenvalue weighted by Gasteiger charge is 2.16. The van der Waals surface area contributed by atoms with Gasteiger partial charge in [-0.3, -0.25) is 0 Å². The van der Waals surface area contributed by atoms with Crippen molar-refractivity contribution in [3.63, 3.8) is 0 Å². The number of carbonyl (C=O) groups is 2. The predicted octanol–water partition coefficient (Wildman–Crippen LogP) is 2.17. The van der Waals surface area contributed by atoms with Crippen LogP contribution in [0.1, 0.15) is 26.3 Å². The number of carboxylic acid groups (broad SMARTS) is 1. The van der Waals surface area contributed by atoms with Gasteiger partial charge >= 0.3 is 12.1 Å². The number of amides is 1. The zero-order valence-corrected chi connectivity index (χ0v) is 11.8. The van der Waals surface area contributed by atoms with Crippen LogP contribution in [0.5, 0.6) is 5.75 Å². The molecule has 110 valence electrons. The molecular weight excluding hydrogens is 262 g/mol. The molecule has 0 saturated heterocycles. The van der Waals surface area contributed by atoms with E-state index in [-0.39, 0.29) is 6.54 Å². The van der Waals surface area contributed by atoms with Gasteiger partial charge < -0.3 is 19.9 Å². The highest BCUT2D eigenvalue weighted by molar-refractivity contribution is 5.69. The lowest BCUT2D eigenvalue weighted by molar-refractivity contribution is -0.139. The fourth-order valence-electron chi connectivity index (χ4n) is 1.41. The SMILES string of the molecule is CC(C)(C)OC(=O)NCc1ccccc1OCC(=O)O. The van der Waals surface area contributed by atoms with Crippen molar-refractivity contribution in [3.8, 4) is 5.75 Å². The van der Waals surface area contributed by atoms with Crippen molar-refractivity contribution in [2.45, 2.75) is 32.9 Å². The van der Waals surface area contributed by atoms with Gasteiger partial charge in [0.05, 0.1) is 0 Å². The van der Waals surface area contributed by atoms with Crippen molar-refractivity contribution in [2.24, 2.45) is 0 Å². The maximum Gasteiger partial charge on any atom is 0.407 e. The molecule has 1 rings (SSSR count). The maximum atomic E-state index is 11.5. The first-order valence-electron chi connectivity index (χ1n) is 6.17. The number of hydrogen-bond donors (Lipinski definition) is 2. The number of alkyl carbamates (subject to hydrolysis) is 1. The molecule has 0 radical (unpaired) electrons. The number of nitrogens with one attached hydrogen (secondary N) is 1. The van der Waals surface area contributed by atoms with Crippen LogP contribution in [0, 0.1) is 0 Å². The molecule has 0 aliphatic rings. The molecule has 0 saturated carbocycles. The molecule has 6 nitrogen and oxygen atoms in total. The molecule has 0 aliphatic heterocycles. The van der Waals surface area contributed by atoms with E-state index in [9.17, 15) is 9.59 Å². The topological polar surface area (TPSA) is 84.9 Å². The van der Waals surface area contributed by atoms with E-state index < -0.39 is 24.3 Å². The molecule has 1 amide bonds. The number of para-hydroxylation sites is 1. The predicted molar refractivity (Wildman–Crippen MR) is 72.6 cm³/mol. The molecule has 1 aromatic rings. The van der Waals surface area contributed by atoms with Crippen LogP contribution in [-0.2, 0) is 16.1 Å². The smallest absolute Gasteiger partial charge is 0.407 e. The van der Waals surface area contributed by atoms with Crippen molar-refractivity contribution in [2.75, 3.05) is 6.61 Å². The van der Waals surface area contributed by atoms with Gasteiger partial charge in [0.25, 0.3) is 0 Å². The van der Waals surface area contributed by atoms with E-state index in [4.69, 9.17) is 14.6 Å². The Morgan fingerprint density at radius 1 is 1.25 bits per heavy atom. The fraction of sp³-hybridized carbons (Fsp3) is 0.429. The van der Waals surface area contributed by atoms with Crippen molar-refractivity contribution in [1.82, 2.24) is 5.32 Å². The van der Waals surface area contributed by atoms with Gasteiger partial charge in [-0.05, 0) is 26.8 Å². The molecule has 0 fully saturated rings. The summed E-state index contributed by atoms with van der Waals surface area (Å²) in [5.74, 6) is -0.633. The van der Waals surface area contributed by atoms with E-state index in [1.165, 1.54) is 0 Å². The molecule has 0 bridgehead atoms. The second kappa shape index (κ2) is 6.79. The summed E-state index contributed by atoms with van der Waals surface area (Å²) in [4.78, 5) is 22.0. The zero-order valence-electron chi connectivity index (χ0n) is 11.8. The average Bonchev–Trinajstić information content (AvgIpc) is 2.32. The number of hydrogen-bond acceptors (Lipinski definition) is 4. The lowest BCUT2D eigenvalue weighted by atomic mass is 10.2. The van der Waals surface area contributed by atoms with Crippen LogP contribution < -0.4 is 10.1 Å². The Kier molecular flexibility index (Phi) is 5.37. The van der Waals surface area contributed by atoms with E-state index in [1.807, 2.05) is 0 Å². The molecule has 20 heavy (non-hydrogen) atoms. The van der Waals surface area contributed by atoms with Crippen LogP contribution in [0.15, 0.2) is 24.3 Å². The number of rotatable bonds is 5. The first-order chi connectivity index (χ1) is 9.28. The minimum absolute atomic E-state index is 0.199. The Morgan fingerprint density at radius 2 is 1.90 bits per heavy atom. The summed E-state index contributed by atoms with van der Waals surface area (Å²) in [6.45, 7) is 5.09. The summed E-state index contributed by atoms with van der Waals surface area (Å²) in [6, 6.07) is 6.90. The van der Waals surface area contributed by atoms with Gasteiger partial charge in [-0.25, -0.2) is 9.59 Å². The first kappa shape index (κ1) is 15.8. The van der Waals surface area contributed by atoms with Crippen molar-refractivity contribution >= 4 is 12.1 Å². The zero-order chi connectivity index (χ0) is 15.2. The van der Waals surface area contributed by atoms with Gasteiger partial charge in [-0.1, -0.05) is 18.2 Å². The summed E-state index contributed by atoms with van der Waals surface area (Å²) < 4.78 is 10.3. The van der Waals surface area contributed by atoms with Gasteiger partial charge in [0, 0.05) is 12.1 Å². The summed E-state index contributed by atoms with van der Waals surface area (Å²) >= 11 is 0. The monoisotopic (exact) mass is 281 g/mol. The molecule has 0 aliphatic carbocycles. The molecule has 2 N–H and O–H groups in total. The second-order valence-corrected chi connectivity index (χ2v) is 5.15. The Labute approximate surface area is 117 Å². The molecule has 6 heteroatoms. The van der Waals surface area contributed by atoms with Gasteiger partial charge in [0.15, 0.2) is 6.61 Å². The molecule has 1 aromatic carbocycles. The Bertz CT molecular complexity index is 479. The van der Waals surface area contributed by atoms with Gasteiger partial charge in [0.2, 0.25) is 0 Å². The average molecular weight is 281 g/mol. The molecule has 0 spiro atoms. The minimum Gasteiger partial charge on any atom is -0.482 e. The standard InChI is InChI=1S/C14H19NO5/c1-14(2,3)20-13(18)15-8-10-6-4-5-7-11(10)19-9-12(16)17/h4-7H,8-9H2,1-3H3,(H,15,18)(H,16,17). The van der Waals surface area contributed by atoms with Gasteiger partial charge in [0.1, 0.15) is 11.4 Å². The van der Waals surface area contributed by atoms with Crippen LogP contribution in [-0.4, -0.2) is 29.4 Å². The highest BCUT2D eigenvalue weighted by Crippen LogP contribution is 2.17. The summed E-state index contributed by atoms with van der Waals surface area (Å²) in [5, 5.41) is 11.2. The molecular formula is C14H19NO5. The van der Waals surface area contributed by atoms with Crippen LogP contribution in [0.4, 0.5) is 4.79 Å².